The smallest absolute Gasteiger partial charge is 0.261 e. The van der Waals surface area contributed by atoms with Crippen LogP contribution in [0.25, 0.3) is 22.3 Å². The number of rotatable bonds is 2. The van der Waals surface area contributed by atoms with Crippen molar-refractivity contribution in [2.75, 3.05) is 7.11 Å². The van der Waals surface area contributed by atoms with Gasteiger partial charge in [0.2, 0.25) is 0 Å². The minimum Gasteiger partial charge on any atom is -0.497 e. The van der Waals surface area contributed by atoms with Gasteiger partial charge in [-0.3, -0.25) is 9.78 Å². The van der Waals surface area contributed by atoms with E-state index in [-0.39, 0.29) is 10.3 Å². The summed E-state index contributed by atoms with van der Waals surface area (Å²) in [6.07, 6.45) is 0. The molecule has 100 valence electrons. The molecule has 0 amide bonds. The minimum atomic E-state index is -0.284. The third kappa shape index (κ3) is 2.19. The lowest BCUT2D eigenvalue weighted by Crippen LogP contribution is -2.09. The molecule has 0 aliphatic carbocycles. The zero-order chi connectivity index (χ0) is 14.1. The minimum absolute atomic E-state index is 0.231. The molecular formula is C13H10N4O2S. The summed E-state index contributed by atoms with van der Waals surface area (Å²) >= 11 is 4.89. The van der Waals surface area contributed by atoms with E-state index in [9.17, 15) is 4.79 Å². The van der Waals surface area contributed by atoms with Crippen molar-refractivity contribution < 1.29 is 4.74 Å². The van der Waals surface area contributed by atoms with Crippen molar-refractivity contribution in [2.24, 2.45) is 0 Å². The van der Waals surface area contributed by atoms with E-state index in [0.717, 1.165) is 11.3 Å². The Kier molecular flexibility index (Phi) is 3.03. The van der Waals surface area contributed by atoms with Crippen LogP contribution >= 0.6 is 12.2 Å². The Labute approximate surface area is 118 Å². The second-order valence-corrected chi connectivity index (χ2v) is 4.54. The summed E-state index contributed by atoms with van der Waals surface area (Å²) in [5.41, 5.74) is 1.54. The van der Waals surface area contributed by atoms with Crippen molar-refractivity contribution in [3.63, 3.8) is 0 Å². The Hall–Kier alpha value is -2.54. The highest BCUT2D eigenvalue weighted by atomic mass is 32.1. The largest absolute Gasteiger partial charge is 0.497 e. The first kappa shape index (κ1) is 12.5. The van der Waals surface area contributed by atoms with E-state index in [0.29, 0.717) is 16.7 Å². The molecular weight excluding hydrogens is 276 g/mol. The number of hydrogen-bond acceptors (Lipinski definition) is 5. The van der Waals surface area contributed by atoms with Gasteiger partial charge in [0.15, 0.2) is 10.4 Å². The predicted molar refractivity (Wildman–Crippen MR) is 77.3 cm³/mol. The number of ether oxygens (including phenoxy) is 1. The van der Waals surface area contributed by atoms with Gasteiger partial charge in [-0.25, -0.2) is 0 Å². The molecule has 2 heterocycles. The van der Waals surface area contributed by atoms with Crippen molar-refractivity contribution in [1.29, 1.82) is 0 Å². The quantitative estimate of drug-likeness (QED) is 0.704. The number of H-pyrrole nitrogens is 2. The van der Waals surface area contributed by atoms with E-state index >= 15 is 0 Å². The molecule has 3 aromatic rings. The molecule has 0 atom stereocenters. The molecule has 0 saturated heterocycles. The van der Waals surface area contributed by atoms with Crippen LogP contribution in [0.5, 0.6) is 5.75 Å². The van der Waals surface area contributed by atoms with Crippen molar-refractivity contribution in [3.8, 4) is 17.0 Å². The fourth-order valence-electron chi connectivity index (χ4n) is 1.87. The van der Waals surface area contributed by atoms with Crippen LogP contribution in [0, 0.1) is 4.77 Å². The highest BCUT2D eigenvalue weighted by molar-refractivity contribution is 7.71. The van der Waals surface area contributed by atoms with Gasteiger partial charge < -0.3 is 9.72 Å². The van der Waals surface area contributed by atoms with Crippen LogP contribution in [0.2, 0.25) is 0 Å². The molecule has 6 nitrogen and oxygen atoms in total. The zero-order valence-electron chi connectivity index (χ0n) is 10.5. The molecule has 3 rings (SSSR count). The molecule has 1 aromatic carbocycles. The Morgan fingerprint density at radius 2 is 1.90 bits per heavy atom. The first-order valence-corrected chi connectivity index (χ1v) is 6.22. The van der Waals surface area contributed by atoms with Crippen LogP contribution in [0.1, 0.15) is 0 Å². The monoisotopic (exact) mass is 286 g/mol. The topological polar surface area (TPSA) is 83.7 Å². The molecule has 0 radical (unpaired) electrons. The van der Waals surface area contributed by atoms with E-state index in [1.165, 1.54) is 0 Å². The number of aromatic nitrogens is 4. The van der Waals surface area contributed by atoms with Gasteiger partial charge in [0.05, 0.1) is 18.2 Å². The standard InChI is InChI=1S/C13H10N4O2S/c1-19-8-4-2-7(3-5-8)10-6-9-11(17-16-10)14-13(20)15-12(9)18/h2-6H,1H3,(H2,14,15,17,18,20). The van der Waals surface area contributed by atoms with E-state index in [2.05, 4.69) is 20.2 Å². The molecule has 7 heteroatoms. The lowest BCUT2D eigenvalue weighted by molar-refractivity contribution is 0.415. The third-order valence-electron chi connectivity index (χ3n) is 2.88. The molecule has 2 N–H and O–H groups in total. The van der Waals surface area contributed by atoms with Crippen LogP contribution in [-0.2, 0) is 0 Å². The normalized spacial score (nSPS) is 10.7. The number of benzene rings is 1. The number of aromatic amines is 2. The van der Waals surface area contributed by atoms with Gasteiger partial charge in [0.1, 0.15) is 5.75 Å². The van der Waals surface area contributed by atoms with Crippen molar-refractivity contribution in [2.45, 2.75) is 0 Å². The molecule has 0 saturated carbocycles. The summed E-state index contributed by atoms with van der Waals surface area (Å²) in [5.74, 6) is 0.754. The molecule has 0 bridgehead atoms. The zero-order valence-corrected chi connectivity index (χ0v) is 11.3. The van der Waals surface area contributed by atoms with Gasteiger partial charge in [-0.1, -0.05) is 0 Å². The fourth-order valence-corrected chi connectivity index (χ4v) is 2.06. The Morgan fingerprint density at radius 1 is 1.15 bits per heavy atom. The average molecular weight is 286 g/mol. The fraction of sp³-hybridized carbons (Fsp3) is 0.0769. The van der Waals surface area contributed by atoms with Gasteiger partial charge in [-0.2, -0.15) is 0 Å². The van der Waals surface area contributed by atoms with E-state index in [4.69, 9.17) is 17.0 Å². The number of fused-ring (bicyclic) bond motifs is 1. The first-order valence-electron chi connectivity index (χ1n) is 5.82. The number of nitrogens with one attached hydrogen (secondary N) is 2. The highest BCUT2D eigenvalue weighted by Gasteiger charge is 2.06. The van der Waals surface area contributed by atoms with Gasteiger partial charge >= 0.3 is 0 Å². The average Bonchev–Trinajstić information content (AvgIpc) is 2.47. The molecule has 0 aliphatic heterocycles. The lowest BCUT2D eigenvalue weighted by Gasteiger charge is -2.03. The predicted octanol–water partition coefficient (Wildman–Crippen LogP) is 2.05. The number of nitrogens with zero attached hydrogens (tertiary/aromatic N) is 2. The van der Waals surface area contributed by atoms with Crippen LogP contribution in [-0.4, -0.2) is 27.3 Å². The summed E-state index contributed by atoms with van der Waals surface area (Å²) in [5, 5.41) is 8.51. The molecule has 2 aromatic heterocycles. The van der Waals surface area contributed by atoms with E-state index in [1.807, 2.05) is 24.3 Å². The molecule has 20 heavy (non-hydrogen) atoms. The van der Waals surface area contributed by atoms with Crippen molar-refractivity contribution >= 4 is 23.3 Å². The molecule has 0 fully saturated rings. The molecule has 0 spiro atoms. The maximum atomic E-state index is 11.9. The van der Waals surface area contributed by atoms with Crippen molar-refractivity contribution in [3.05, 3.63) is 45.5 Å². The summed E-state index contributed by atoms with van der Waals surface area (Å²) in [7, 11) is 1.60. The molecule has 0 unspecified atom stereocenters. The highest BCUT2D eigenvalue weighted by Crippen LogP contribution is 2.21. The van der Waals surface area contributed by atoms with Gasteiger partial charge in [-0.05, 0) is 42.5 Å². The summed E-state index contributed by atoms with van der Waals surface area (Å²) < 4.78 is 5.33. The second kappa shape index (κ2) is 4.86. The van der Waals surface area contributed by atoms with E-state index in [1.54, 1.807) is 13.2 Å². The van der Waals surface area contributed by atoms with E-state index < -0.39 is 0 Å². The molecule has 0 aliphatic rings. The summed E-state index contributed by atoms with van der Waals surface area (Å²) in [4.78, 5) is 17.2. The maximum absolute atomic E-state index is 11.9. The van der Waals surface area contributed by atoms with Crippen LogP contribution in [0.3, 0.4) is 0 Å². The summed E-state index contributed by atoms with van der Waals surface area (Å²) in [6, 6.07) is 9.03. The Bertz CT molecular complexity index is 883. The summed E-state index contributed by atoms with van der Waals surface area (Å²) in [6.45, 7) is 0. The maximum Gasteiger partial charge on any atom is 0.261 e. The second-order valence-electron chi connectivity index (χ2n) is 4.13. The van der Waals surface area contributed by atoms with Crippen LogP contribution in [0.15, 0.2) is 35.1 Å². The van der Waals surface area contributed by atoms with Crippen molar-refractivity contribution in [1.82, 2.24) is 20.2 Å². The lowest BCUT2D eigenvalue weighted by atomic mass is 10.1. The van der Waals surface area contributed by atoms with Crippen LogP contribution < -0.4 is 10.3 Å². The van der Waals surface area contributed by atoms with Crippen LogP contribution in [0.4, 0.5) is 0 Å². The van der Waals surface area contributed by atoms with Gasteiger partial charge in [-0.15, -0.1) is 10.2 Å². The number of hydrogen-bond donors (Lipinski definition) is 2. The van der Waals surface area contributed by atoms with Gasteiger partial charge in [0.25, 0.3) is 5.56 Å². The SMILES string of the molecule is COc1ccc(-c2cc3c(=O)[nH]c(=S)[nH]c3nn2)cc1. The Balaban J connectivity index is 2.17. The van der Waals surface area contributed by atoms with Gasteiger partial charge in [0, 0.05) is 5.56 Å². The third-order valence-corrected chi connectivity index (χ3v) is 3.09. The Morgan fingerprint density at radius 3 is 2.60 bits per heavy atom. The number of methoxy groups -OCH3 is 1. The first-order chi connectivity index (χ1) is 9.67.